The van der Waals surface area contributed by atoms with Gasteiger partial charge in [-0.05, 0) is 31.7 Å². The Kier molecular flexibility index (Phi) is 7.30. The molecule has 1 atom stereocenters. The van der Waals surface area contributed by atoms with Gasteiger partial charge in [0.15, 0.2) is 5.65 Å². The molecule has 0 saturated carbocycles. The van der Waals surface area contributed by atoms with Crippen LogP contribution in [0.4, 0.5) is 5.82 Å². The van der Waals surface area contributed by atoms with Gasteiger partial charge in [-0.25, -0.2) is 4.98 Å². The second-order valence-corrected chi connectivity index (χ2v) is 8.89. The summed E-state index contributed by atoms with van der Waals surface area (Å²) in [7, 11) is 2.08. The van der Waals surface area contributed by atoms with Crippen molar-refractivity contribution in [2.24, 2.45) is 5.73 Å². The van der Waals surface area contributed by atoms with E-state index in [1.165, 1.54) is 6.20 Å². The van der Waals surface area contributed by atoms with Gasteiger partial charge in [-0.1, -0.05) is 23.7 Å². The van der Waals surface area contributed by atoms with Gasteiger partial charge in [0.25, 0.3) is 11.8 Å². The van der Waals surface area contributed by atoms with Gasteiger partial charge >= 0.3 is 0 Å². The number of hydrogen-bond donors (Lipinski definition) is 3. The third-order valence-electron chi connectivity index (χ3n) is 5.85. The molecule has 4 N–H and O–H groups in total. The Morgan fingerprint density at radius 3 is 2.65 bits per heavy atom. The molecule has 3 aromatic rings. The standard InChI is InChI=1S/C23H29ClN8O2/c1-15-14-30(2)9-10-31(15)20-11-19(23(34)27-12-16-3-5-17(24)6-4-16)29-21-18(13-28-32(20)21)22(33)26-8-7-25/h3-6,11,13,15H,7-10,12,14,25H2,1-2H3,(H,26,33)(H,27,34)/t15-/m1/s1. The lowest BCUT2D eigenvalue weighted by molar-refractivity contribution is 0.0939. The van der Waals surface area contributed by atoms with Crippen LogP contribution in [0.3, 0.4) is 0 Å². The summed E-state index contributed by atoms with van der Waals surface area (Å²) >= 11 is 5.95. The predicted molar refractivity (Wildman–Crippen MR) is 131 cm³/mol. The van der Waals surface area contributed by atoms with Crippen LogP contribution in [-0.4, -0.2) is 77.1 Å². The number of amides is 2. The maximum Gasteiger partial charge on any atom is 0.270 e. The largest absolute Gasteiger partial charge is 0.351 e. The normalized spacial score (nSPS) is 16.6. The molecule has 2 amide bonds. The lowest BCUT2D eigenvalue weighted by Gasteiger charge is -2.39. The molecule has 3 heterocycles. The molecule has 1 aliphatic heterocycles. The zero-order valence-electron chi connectivity index (χ0n) is 19.3. The molecule has 0 radical (unpaired) electrons. The summed E-state index contributed by atoms with van der Waals surface area (Å²) in [6.07, 6.45) is 1.48. The summed E-state index contributed by atoms with van der Waals surface area (Å²) in [6.45, 7) is 5.61. The zero-order chi connectivity index (χ0) is 24.2. The van der Waals surface area contributed by atoms with Gasteiger partial charge in [-0.2, -0.15) is 9.61 Å². The van der Waals surface area contributed by atoms with E-state index in [-0.39, 0.29) is 23.6 Å². The van der Waals surface area contributed by atoms with Crippen LogP contribution in [0.15, 0.2) is 36.5 Å². The number of nitrogens with two attached hydrogens (primary N) is 1. The summed E-state index contributed by atoms with van der Waals surface area (Å²) in [4.78, 5) is 34.8. The summed E-state index contributed by atoms with van der Waals surface area (Å²) < 4.78 is 1.63. The maximum absolute atomic E-state index is 13.1. The molecule has 0 spiro atoms. The first-order chi connectivity index (χ1) is 16.4. The Balaban J connectivity index is 1.69. The molecule has 0 unspecified atom stereocenters. The molecule has 0 bridgehead atoms. The van der Waals surface area contributed by atoms with E-state index in [2.05, 4.69) is 44.5 Å². The molecule has 1 aromatic carbocycles. The summed E-state index contributed by atoms with van der Waals surface area (Å²) in [5, 5.41) is 10.7. The minimum atomic E-state index is -0.338. The third kappa shape index (κ3) is 5.14. The topological polar surface area (TPSA) is 121 Å². The molecule has 180 valence electrons. The number of piperazine rings is 1. The van der Waals surface area contributed by atoms with Crippen molar-refractivity contribution in [3.05, 3.63) is 58.4 Å². The average Bonchev–Trinajstić information content (AvgIpc) is 3.26. The van der Waals surface area contributed by atoms with Crippen LogP contribution in [0.2, 0.25) is 5.02 Å². The van der Waals surface area contributed by atoms with Crippen LogP contribution in [0, 0.1) is 0 Å². The van der Waals surface area contributed by atoms with E-state index >= 15 is 0 Å². The minimum absolute atomic E-state index is 0.188. The van der Waals surface area contributed by atoms with Crippen molar-refractivity contribution in [3.8, 4) is 0 Å². The van der Waals surface area contributed by atoms with E-state index in [1.807, 2.05) is 12.1 Å². The Hall–Kier alpha value is -3.21. The van der Waals surface area contributed by atoms with Gasteiger partial charge in [0.1, 0.15) is 17.1 Å². The monoisotopic (exact) mass is 484 g/mol. The van der Waals surface area contributed by atoms with Crippen molar-refractivity contribution >= 4 is 34.9 Å². The number of nitrogens with one attached hydrogen (secondary N) is 2. The number of benzene rings is 1. The number of fused-ring (bicyclic) bond motifs is 1. The van der Waals surface area contributed by atoms with Crippen LogP contribution in [0.25, 0.3) is 5.65 Å². The van der Waals surface area contributed by atoms with Crippen molar-refractivity contribution in [1.29, 1.82) is 0 Å². The van der Waals surface area contributed by atoms with E-state index in [1.54, 1.807) is 22.7 Å². The van der Waals surface area contributed by atoms with Crippen molar-refractivity contribution in [1.82, 2.24) is 30.1 Å². The minimum Gasteiger partial charge on any atom is -0.351 e. The first-order valence-corrected chi connectivity index (χ1v) is 11.6. The maximum atomic E-state index is 13.1. The van der Waals surface area contributed by atoms with E-state index < -0.39 is 0 Å². The number of hydrogen-bond acceptors (Lipinski definition) is 7. The highest BCUT2D eigenvalue weighted by molar-refractivity contribution is 6.30. The van der Waals surface area contributed by atoms with E-state index in [9.17, 15) is 9.59 Å². The average molecular weight is 485 g/mol. The lowest BCUT2D eigenvalue weighted by atomic mass is 10.2. The summed E-state index contributed by atoms with van der Waals surface area (Å²) in [5.74, 6) is 0.0548. The third-order valence-corrected chi connectivity index (χ3v) is 6.10. The second-order valence-electron chi connectivity index (χ2n) is 8.45. The van der Waals surface area contributed by atoms with Crippen LogP contribution in [0.1, 0.15) is 33.3 Å². The van der Waals surface area contributed by atoms with E-state index in [0.717, 1.165) is 31.0 Å². The number of nitrogens with zero attached hydrogens (tertiary/aromatic N) is 5. The van der Waals surface area contributed by atoms with Gasteiger partial charge in [0.2, 0.25) is 0 Å². The van der Waals surface area contributed by atoms with Crippen molar-refractivity contribution in [2.75, 3.05) is 44.7 Å². The van der Waals surface area contributed by atoms with E-state index in [0.29, 0.717) is 35.9 Å². The number of halogens is 1. The Bertz CT molecular complexity index is 1180. The highest BCUT2D eigenvalue weighted by Gasteiger charge is 2.27. The second kappa shape index (κ2) is 10.4. The number of carbonyl (C=O) groups is 2. The number of rotatable bonds is 7. The highest BCUT2D eigenvalue weighted by Crippen LogP contribution is 2.24. The molecule has 1 saturated heterocycles. The van der Waals surface area contributed by atoms with Gasteiger partial charge in [0.05, 0.1) is 6.20 Å². The fourth-order valence-corrected chi connectivity index (χ4v) is 4.19. The van der Waals surface area contributed by atoms with Crippen LogP contribution in [0.5, 0.6) is 0 Å². The summed E-state index contributed by atoms with van der Waals surface area (Å²) in [5.41, 5.74) is 7.28. The van der Waals surface area contributed by atoms with Crippen LogP contribution in [-0.2, 0) is 6.54 Å². The predicted octanol–water partition coefficient (Wildman–Crippen LogP) is 1.14. The Morgan fingerprint density at radius 2 is 1.94 bits per heavy atom. The first-order valence-electron chi connectivity index (χ1n) is 11.2. The molecule has 4 rings (SSSR count). The first kappa shape index (κ1) is 23.9. The fraction of sp³-hybridized carbons (Fsp3) is 0.391. The summed E-state index contributed by atoms with van der Waals surface area (Å²) in [6, 6.07) is 9.19. The number of anilines is 1. The SMILES string of the molecule is C[C@@H]1CN(C)CCN1c1cc(C(=O)NCc2ccc(Cl)cc2)nc2c(C(=O)NCCN)cnn12. The van der Waals surface area contributed by atoms with Crippen molar-refractivity contribution < 1.29 is 9.59 Å². The Labute approximate surface area is 203 Å². The van der Waals surface area contributed by atoms with Gasteiger partial charge in [-0.3, -0.25) is 9.59 Å². The number of aromatic nitrogens is 3. The number of carbonyl (C=O) groups excluding carboxylic acids is 2. The zero-order valence-corrected chi connectivity index (χ0v) is 20.0. The fourth-order valence-electron chi connectivity index (χ4n) is 4.06. The molecule has 1 aliphatic rings. The highest BCUT2D eigenvalue weighted by atomic mass is 35.5. The quantitative estimate of drug-likeness (QED) is 0.460. The van der Waals surface area contributed by atoms with Crippen molar-refractivity contribution in [3.63, 3.8) is 0 Å². The molecule has 2 aromatic heterocycles. The molecular weight excluding hydrogens is 456 g/mol. The van der Waals surface area contributed by atoms with Crippen molar-refractivity contribution in [2.45, 2.75) is 19.5 Å². The number of likely N-dealkylation sites (N-methyl/N-ethyl adjacent to an activating group) is 1. The van der Waals surface area contributed by atoms with Crippen LogP contribution < -0.4 is 21.3 Å². The molecular formula is C23H29ClN8O2. The smallest absolute Gasteiger partial charge is 0.270 e. The molecule has 1 fully saturated rings. The Morgan fingerprint density at radius 1 is 1.18 bits per heavy atom. The molecule has 34 heavy (non-hydrogen) atoms. The molecule has 11 heteroatoms. The van der Waals surface area contributed by atoms with Gasteiger partial charge in [0, 0.05) is 56.4 Å². The lowest BCUT2D eigenvalue weighted by Crippen LogP contribution is -2.51. The van der Waals surface area contributed by atoms with Gasteiger partial charge in [-0.15, -0.1) is 0 Å². The molecule has 0 aliphatic carbocycles. The van der Waals surface area contributed by atoms with E-state index in [4.69, 9.17) is 17.3 Å². The van der Waals surface area contributed by atoms with Gasteiger partial charge < -0.3 is 26.2 Å². The molecule has 10 nitrogen and oxygen atoms in total. The van der Waals surface area contributed by atoms with Crippen LogP contribution >= 0.6 is 11.6 Å².